The summed E-state index contributed by atoms with van der Waals surface area (Å²) in [7, 11) is 0. The monoisotopic (exact) mass is 313 g/mol. The number of aryl methyl sites for hydroxylation is 1. The van der Waals surface area contributed by atoms with Gasteiger partial charge in [-0.3, -0.25) is 4.79 Å². The van der Waals surface area contributed by atoms with Crippen LogP contribution in [0.1, 0.15) is 16.4 Å². The molecule has 0 aliphatic carbocycles. The number of anilines is 1. The lowest BCUT2D eigenvalue weighted by atomic mass is 10.3. The van der Waals surface area contributed by atoms with E-state index in [1.165, 1.54) is 0 Å². The molecule has 2 aromatic heterocycles. The quantitative estimate of drug-likeness (QED) is 0.807. The van der Waals surface area contributed by atoms with Gasteiger partial charge < -0.3 is 5.32 Å². The fourth-order valence-corrected chi connectivity index (χ4v) is 2.05. The normalized spacial score (nSPS) is 10.5. The second kappa shape index (κ2) is 5.95. The molecule has 0 unspecified atom stereocenters. The molecule has 1 amide bonds. The van der Waals surface area contributed by atoms with Crippen LogP contribution >= 0.6 is 11.6 Å². The highest BCUT2D eigenvalue weighted by Gasteiger charge is 2.15. The first-order valence-corrected chi connectivity index (χ1v) is 6.93. The number of pyridine rings is 1. The zero-order valence-corrected chi connectivity index (χ0v) is 12.4. The molecule has 22 heavy (non-hydrogen) atoms. The predicted molar refractivity (Wildman–Crippen MR) is 83.3 cm³/mol. The maximum Gasteiger partial charge on any atom is 0.296 e. The Kier molecular flexibility index (Phi) is 3.84. The van der Waals surface area contributed by atoms with Gasteiger partial charge in [0.25, 0.3) is 5.91 Å². The summed E-state index contributed by atoms with van der Waals surface area (Å²) in [5, 5.41) is 7.51. The highest BCUT2D eigenvalue weighted by Crippen LogP contribution is 2.14. The predicted octanol–water partition coefficient (Wildman–Crippen LogP) is 2.88. The van der Waals surface area contributed by atoms with E-state index >= 15 is 0 Å². The van der Waals surface area contributed by atoms with E-state index in [1.54, 1.807) is 48.1 Å². The molecule has 0 bridgehead atoms. The van der Waals surface area contributed by atoms with Crippen LogP contribution in [0.4, 0.5) is 5.82 Å². The summed E-state index contributed by atoms with van der Waals surface area (Å²) in [6.07, 6.45) is 1.60. The molecule has 0 fully saturated rings. The topological polar surface area (TPSA) is 72.7 Å². The lowest BCUT2D eigenvalue weighted by Crippen LogP contribution is -2.15. The standard InChI is InChI=1S/C15H12ClN5O/c1-10-18-14(15(22)19-13-4-2-3-9-17-13)20-21(10)12-7-5-11(16)6-8-12/h2-9H,1H3,(H,17,19,22). The molecular formula is C15H12ClN5O. The molecule has 6 nitrogen and oxygen atoms in total. The number of nitrogens with one attached hydrogen (secondary N) is 1. The summed E-state index contributed by atoms with van der Waals surface area (Å²) in [5.74, 6) is 0.731. The molecule has 1 aromatic carbocycles. The van der Waals surface area contributed by atoms with Crippen LogP contribution in [0.15, 0.2) is 48.7 Å². The lowest BCUT2D eigenvalue weighted by molar-refractivity contribution is 0.101. The zero-order valence-electron chi connectivity index (χ0n) is 11.7. The van der Waals surface area contributed by atoms with E-state index in [4.69, 9.17) is 11.6 Å². The molecule has 0 atom stereocenters. The highest BCUT2D eigenvalue weighted by atomic mass is 35.5. The van der Waals surface area contributed by atoms with E-state index in [0.717, 1.165) is 5.69 Å². The average molecular weight is 314 g/mol. The number of halogens is 1. The van der Waals surface area contributed by atoms with Crippen LogP contribution < -0.4 is 5.32 Å². The first kappa shape index (κ1) is 14.2. The molecule has 0 saturated carbocycles. The van der Waals surface area contributed by atoms with E-state index < -0.39 is 5.91 Å². The third-order valence-corrected chi connectivity index (χ3v) is 3.20. The Morgan fingerprint density at radius 3 is 2.64 bits per heavy atom. The van der Waals surface area contributed by atoms with Crippen molar-refractivity contribution in [1.29, 1.82) is 0 Å². The minimum Gasteiger partial charge on any atom is -0.304 e. The van der Waals surface area contributed by atoms with Crippen LogP contribution in [0.2, 0.25) is 5.02 Å². The molecule has 0 aliphatic heterocycles. The summed E-state index contributed by atoms with van der Waals surface area (Å²) >= 11 is 5.87. The number of aromatic nitrogens is 4. The molecule has 0 saturated heterocycles. The summed E-state index contributed by atoms with van der Waals surface area (Å²) < 4.78 is 1.59. The van der Waals surface area contributed by atoms with Crippen LogP contribution in [0.25, 0.3) is 5.69 Å². The molecule has 2 heterocycles. The number of rotatable bonds is 3. The van der Waals surface area contributed by atoms with Gasteiger partial charge in [-0.05, 0) is 43.3 Å². The van der Waals surface area contributed by atoms with Crippen LogP contribution in [0.3, 0.4) is 0 Å². The smallest absolute Gasteiger partial charge is 0.296 e. The average Bonchev–Trinajstić information content (AvgIpc) is 2.91. The van der Waals surface area contributed by atoms with E-state index in [1.807, 2.05) is 12.1 Å². The summed E-state index contributed by atoms with van der Waals surface area (Å²) in [6, 6.07) is 12.4. The van der Waals surface area contributed by atoms with Gasteiger partial charge in [0, 0.05) is 11.2 Å². The van der Waals surface area contributed by atoms with Gasteiger partial charge in [0.15, 0.2) is 0 Å². The molecule has 0 radical (unpaired) electrons. The molecule has 0 aliphatic rings. The lowest BCUT2D eigenvalue weighted by Gasteiger charge is -2.02. The molecule has 3 aromatic rings. The van der Waals surface area contributed by atoms with Gasteiger partial charge in [0.1, 0.15) is 11.6 Å². The second-order valence-electron chi connectivity index (χ2n) is 4.54. The van der Waals surface area contributed by atoms with E-state index in [9.17, 15) is 4.79 Å². The van der Waals surface area contributed by atoms with Crippen molar-refractivity contribution in [2.75, 3.05) is 5.32 Å². The Morgan fingerprint density at radius 1 is 1.18 bits per heavy atom. The Hall–Kier alpha value is -2.73. The van der Waals surface area contributed by atoms with Crippen molar-refractivity contribution in [3.05, 3.63) is 65.3 Å². The largest absolute Gasteiger partial charge is 0.304 e. The molecule has 1 N–H and O–H groups in total. The van der Waals surface area contributed by atoms with Crippen molar-refractivity contribution >= 4 is 23.3 Å². The minimum atomic E-state index is -0.408. The first-order valence-electron chi connectivity index (χ1n) is 6.55. The number of carbonyl (C=O) groups excluding carboxylic acids is 1. The maximum absolute atomic E-state index is 12.2. The third-order valence-electron chi connectivity index (χ3n) is 2.95. The number of amides is 1. The summed E-state index contributed by atoms with van der Waals surface area (Å²) in [5.41, 5.74) is 0.784. The zero-order chi connectivity index (χ0) is 15.5. The molecule has 110 valence electrons. The Morgan fingerprint density at radius 2 is 1.95 bits per heavy atom. The maximum atomic E-state index is 12.2. The number of carbonyl (C=O) groups is 1. The van der Waals surface area contributed by atoms with Crippen molar-refractivity contribution in [3.8, 4) is 5.69 Å². The fourth-order valence-electron chi connectivity index (χ4n) is 1.92. The van der Waals surface area contributed by atoms with Crippen molar-refractivity contribution in [2.45, 2.75) is 6.92 Å². The van der Waals surface area contributed by atoms with Crippen molar-refractivity contribution in [3.63, 3.8) is 0 Å². The van der Waals surface area contributed by atoms with Crippen LogP contribution in [-0.4, -0.2) is 25.7 Å². The van der Waals surface area contributed by atoms with Crippen LogP contribution in [0, 0.1) is 6.92 Å². The number of nitrogens with zero attached hydrogens (tertiary/aromatic N) is 4. The minimum absolute atomic E-state index is 0.0816. The second-order valence-corrected chi connectivity index (χ2v) is 4.98. The van der Waals surface area contributed by atoms with E-state index in [-0.39, 0.29) is 5.82 Å². The highest BCUT2D eigenvalue weighted by molar-refractivity contribution is 6.30. The van der Waals surface area contributed by atoms with Crippen LogP contribution in [0.5, 0.6) is 0 Å². The third kappa shape index (κ3) is 2.96. The molecule has 3 rings (SSSR count). The number of benzene rings is 1. The van der Waals surface area contributed by atoms with Gasteiger partial charge >= 0.3 is 0 Å². The summed E-state index contributed by atoms with van der Waals surface area (Å²) in [4.78, 5) is 20.4. The van der Waals surface area contributed by atoms with Gasteiger partial charge in [0.05, 0.1) is 5.69 Å². The fraction of sp³-hybridized carbons (Fsp3) is 0.0667. The Labute approximate surface area is 131 Å². The van der Waals surface area contributed by atoms with Crippen molar-refractivity contribution in [1.82, 2.24) is 19.7 Å². The molecular weight excluding hydrogens is 302 g/mol. The van der Waals surface area contributed by atoms with E-state index in [0.29, 0.717) is 16.7 Å². The van der Waals surface area contributed by atoms with Gasteiger partial charge in [-0.2, -0.15) is 0 Å². The SMILES string of the molecule is Cc1nc(C(=O)Nc2ccccn2)nn1-c1ccc(Cl)cc1. The first-order chi connectivity index (χ1) is 10.6. The number of hydrogen-bond acceptors (Lipinski definition) is 4. The summed E-state index contributed by atoms with van der Waals surface area (Å²) in [6.45, 7) is 1.78. The molecule has 0 spiro atoms. The van der Waals surface area contributed by atoms with Crippen molar-refractivity contribution < 1.29 is 4.79 Å². The van der Waals surface area contributed by atoms with E-state index in [2.05, 4.69) is 20.4 Å². The van der Waals surface area contributed by atoms with Gasteiger partial charge in [-0.25, -0.2) is 14.6 Å². The van der Waals surface area contributed by atoms with Crippen LogP contribution in [-0.2, 0) is 0 Å². The van der Waals surface area contributed by atoms with Crippen molar-refractivity contribution in [2.24, 2.45) is 0 Å². The van der Waals surface area contributed by atoms with Gasteiger partial charge in [-0.1, -0.05) is 17.7 Å². The molecule has 7 heteroatoms. The Bertz CT molecular complexity index is 799. The van der Waals surface area contributed by atoms with Gasteiger partial charge in [0.2, 0.25) is 5.82 Å². The Balaban J connectivity index is 1.85. The van der Waals surface area contributed by atoms with Gasteiger partial charge in [-0.15, -0.1) is 5.10 Å². The number of hydrogen-bond donors (Lipinski definition) is 1.